The maximum Gasteiger partial charge on any atom is 0.217 e. The van der Waals surface area contributed by atoms with Gasteiger partial charge in [-0.25, -0.2) is 0 Å². The minimum Gasteiger partial charge on any atom is -0.350 e. The van der Waals surface area contributed by atoms with Crippen LogP contribution in [0, 0.1) is 11.8 Å². The van der Waals surface area contributed by atoms with E-state index >= 15 is 0 Å². The standard InChI is InChI=1S/C19H27NO3/c1-12(2)18(20-15(5)21)14(4)13(3)17-11-22-19(23-17)16-9-7-6-8-10-16/h6-10,13-14,17-19H,1,11H2,2-5H3,(H,20,21)/t13-,14+,17?,18-,19?/m1/s1. The molecule has 0 saturated carbocycles. The summed E-state index contributed by atoms with van der Waals surface area (Å²) >= 11 is 0. The Hall–Kier alpha value is -1.65. The quantitative estimate of drug-likeness (QED) is 0.818. The van der Waals surface area contributed by atoms with E-state index in [1.54, 1.807) is 0 Å². The second kappa shape index (κ2) is 7.75. The van der Waals surface area contributed by atoms with E-state index in [1.807, 2.05) is 37.3 Å². The Balaban J connectivity index is 2.01. The highest BCUT2D eigenvalue weighted by atomic mass is 16.7. The first-order valence-electron chi connectivity index (χ1n) is 8.14. The molecule has 0 bridgehead atoms. The van der Waals surface area contributed by atoms with E-state index in [4.69, 9.17) is 9.47 Å². The van der Waals surface area contributed by atoms with Crippen LogP contribution in [0.4, 0.5) is 0 Å². The van der Waals surface area contributed by atoms with Crippen LogP contribution in [0.5, 0.6) is 0 Å². The maximum absolute atomic E-state index is 11.4. The molecule has 1 aromatic rings. The van der Waals surface area contributed by atoms with Crippen molar-refractivity contribution in [2.75, 3.05) is 6.61 Å². The molecule has 5 atom stereocenters. The second-order valence-electron chi connectivity index (χ2n) is 6.49. The van der Waals surface area contributed by atoms with E-state index in [9.17, 15) is 4.79 Å². The van der Waals surface area contributed by atoms with Crippen molar-refractivity contribution in [2.45, 2.75) is 46.1 Å². The van der Waals surface area contributed by atoms with E-state index < -0.39 is 0 Å². The monoisotopic (exact) mass is 317 g/mol. The molecule has 1 aromatic carbocycles. The molecule has 0 spiro atoms. The molecule has 1 aliphatic heterocycles. The van der Waals surface area contributed by atoms with Crippen molar-refractivity contribution in [1.82, 2.24) is 5.32 Å². The summed E-state index contributed by atoms with van der Waals surface area (Å²) < 4.78 is 11.9. The summed E-state index contributed by atoms with van der Waals surface area (Å²) in [6.45, 7) is 12.3. The minimum atomic E-state index is -0.306. The topological polar surface area (TPSA) is 47.6 Å². The first-order chi connectivity index (χ1) is 10.9. The zero-order chi connectivity index (χ0) is 17.0. The van der Waals surface area contributed by atoms with Crippen LogP contribution in [0.2, 0.25) is 0 Å². The maximum atomic E-state index is 11.4. The summed E-state index contributed by atoms with van der Waals surface area (Å²) in [6.07, 6.45) is -0.300. The fourth-order valence-corrected chi connectivity index (χ4v) is 3.04. The van der Waals surface area contributed by atoms with Gasteiger partial charge in [0.25, 0.3) is 0 Å². The Morgan fingerprint density at radius 1 is 1.26 bits per heavy atom. The van der Waals surface area contributed by atoms with E-state index in [0.717, 1.165) is 11.1 Å². The first kappa shape index (κ1) is 17.7. The molecule has 1 amide bonds. The van der Waals surface area contributed by atoms with Gasteiger partial charge in [-0.05, 0) is 18.8 Å². The summed E-state index contributed by atoms with van der Waals surface area (Å²) in [6, 6.07) is 9.90. The molecular formula is C19H27NO3. The lowest BCUT2D eigenvalue weighted by Gasteiger charge is -2.32. The van der Waals surface area contributed by atoms with Gasteiger partial charge in [0.1, 0.15) is 0 Å². The van der Waals surface area contributed by atoms with Gasteiger partial charge in [-0.3, -0.25) is 4.79 Å². The molecule has 1 saturated heterocycles. The van der Waals surface area contributed by atoms with Crippen LogP contribution in [-0.2, 0) is 14.3 Å². The summed E-state index contributed by atoms with van der Waals surface area (Å²) in [7, 11) is 0. The lowest BCUT2D eigenvalue weighted by molar-refractivity contribution is -0.120. The average molecular weight is 317 g/mol. The third kappa shape index (κ3) is 4.43. The van der Waals surface area contributed by atoms with Crippen molar-refractivity contribution >= 4 is 5.91 Å². The number of amides is 1. The fourth-order valence-electron chi connectivity index (χ4n) is 3.04. The van der Waals surface area contributed by atoms with Crippen molar-refractivity contribution in [3.63, 3.8) is 0 Å². The molecule has 1 N–H and O–H groups in total. The molecule has 126 valence electrons. The normalized spacial score (nSPS) is 24.7. The van der Waals surface area contributed by atoms with E-state index in [2.05, 4.69) is 25.7 Å². The summed E-state index contributed by atoms with van der Waals surface area (Å²) in [4.78, 5) is 11.4. The predicted octanol–water partition coefficient (Wildman–Crippen LogP) is 3.45. The Labute approximate surface area is 138 Å². The van der Waals surface area contributed by atoms with Gasteiger partial charge in [-0.2, -0.15) is 0 Å². The van der Waals surface area contributed by atoms with Gasteiger partial charge < -0.3 is 14.8 Å². The summed E-state index contributed by atoms with van der Waals surface area (Å²) in [5.41, 5.74) is 1.99. The number of benzene rings is 1. The molecule has 0 aromatic heterocycles. The molecule has 1 fully saturated rings. The Morgan fingerprint density at radius 2 is 1.91 bits per heavy atom. The van der Waals surface area contributed by atoms with Crippen LogP contribution in [0.15, 0.2) is 42.5 Å². The Morgan fingerprint density at radius 3 is 2.48 bits per heavy atom. The van der Waals surface area contributed by atoms with Crippen molar-refractivity contribution in [3.8, 4) is 0 Å². The Bertz CT molecular complexity index is 543. The molecule has 1 aliphatic rings. The van der Waals surface area contributed by atoms with E-state index in [-0.39, 0.29) is 36.2 Å². The number of nitrogens with one attached hydrogen (secondary N) is 1. The molecule has 2 unspecified atom stereocenters. The smallest absolute Gasteiger partial charge is 0.217 e. The number of rotatable bonds is 6. The molecule has 23 heavy (non-hydrogen) atoms. The van der Waals surface area contributed by atoms with Crippen molar-refractivity contribution < 1.29 is 14.3 Å². The number of hydrogen-bond acceptors (Lipinski definition) is 3. The SMILES string of the molecule is C=C(C)[C@@H](NC(C)=O)[C@@H](C)[C@@H](C)C1COC(c2ccccc2)O1. The van der Waals surface area contributed by atoms with Crippen LogP contribution >= 0.6 is 0 Å². The van der Waals surface area contributed by atoms with Gasteiger partial charge >= 0.3 is 0 Å². The van der Waals surface area contributed by atoms with Gasteiger partial charge in [0.05, 0.1) is 18.8 Å². The summed E-state index contributed by atoms with van der Waals surface area (Å²) in [5.74, 6) is 0.402. The van der Waals surface area contributed by atoms with Crippen LogP contribution in [0.3, 0.4) is 0 Å². The fraction of sp³-hybridized carbons (Fsp3) is 0.526. The number of carbonyl (C=O) groups is 1. The average Bonchev–Trinajstić information content (AvgIpc) is 3.01. The molecular weight excluding hydrogens is 290 g/mol. The Kier molecular flexibility index (Phi) is 5.97. The second-order valence-corrected chi connectivity index (χ2v) is 6.49. The summed E-state index contributed by atoms with van der Waals surface area (Å²) in [5, 5.41) is 2.99. The van der Waals surface area contributed by atoms with Crippen molar-refractivity contribution in [3.05, 3.63) is 48.0 Å². The largest absolute Gasteiger partial charge is 0.350 e. The molecule has 0 radical (unpaired) electrons. The number of ether oxygens (including phenoxy) is 2. The highest BCUT2D eigenvalue weighted by molar-refractivity contribution is 5.73. The zero-order valence-corrected chi connectivity index (χ0v) is 14.4. The molecule has 4 heteroatoms. The first-order valence-corrected chi connectivity index (χ1v) is 8.14. The third-order valence-electron chi connectivity index (χ3n) is 4.61. The van der Waals surface area contributed by atoms with E-state index in [1.165, 1.54) is 6.92 Å². The van der Waals surface area contributed by atoms with Crippen LogP contribution in [-0.4, -0.2) is 24.7 Å². The van der Waals surface area contributed by atoms with E-state index in [0.29, 0.717) is 6.61 Å². The van der Waals surface area contributed by atoms with Gasteiger partial charge in [0.15, 0.2) is 6.29 Å². The van der Waals surface area contributed by atoms with Crippen LogP contribution in [0.25, 0.3) is 0 Å². The molecule has 2 rings (SSSR count). The lowest BCUT2D eigenvalue weighted by Crippen LogP contribution is -2.43. The van der Waals surface area contributed by atoms with Gasteiger partial charge in [-0.15, -0.1) is 0 Å². The predicted molar refractivity (Wildman–Crippen MR) is 90.8 cm³/mol. The molecule has 4 nitrogen and oxygen atoms in total. The van der Waals surface area contributed by atoms with Crippen LogP contribution < -0.4 is 5.32 Å². The van der Waals surface area contributed by atoms with Gasteiger partial charge in [-0.1, -0.05) is 56.3 Å². The van der Waals surface area contributed by atoms with Gasteiger partial charge in [0, 0.05) is 12.5 Å². The van der Waals surface area contributed by atoms with Crippen LogP contribution in [0.1, 0.15) is 39.5 Å². The number of hydrogen-bond donors (Lipinski definition) is 1. The van der Waals surface area contributed by atoms with Crippen molar-refractivity contribution in [1.29, 1.82) is 0 Å². The minimum absolute atomic E-state index is 0.00538. The van der Waals surface area contributed by atoms with Crippen molar-refractivity contribution in [2.24, 2.45) is 11.8 Å². The lowest BCUT2D eigenvalue weighted by atomic mass is 9.82. The highest BCUT2D eigenvalue weighted by Gasteiger charge is 2.36. The highest BCUT2D eigenvalue weighted by Crippen LogP contribution is 2.34. The molecule has 0 aliphatic carbocycles. The van der Waals surface area contributed by atoms with Gasteiger partial charge in [0.2, 0.25) is 5.91 Å². The number of carbonyl (C=O) groups excluding carboxylic acids is 1. The zero-order valence-electron chi connectivity index (χ0n) is 14.4. The third-order valence-corrected chi connectivity index (χ3v) is 4.61. The molecule has 1 heterocycles.